The van der Waals surface area contributed by atoms with E-state index in [9.17, 15) is 9.59 Å². The minimum atomic E-state index is -0.450. The van der Waals surface area contributed by atoms with Crippen LogP contribution in [0.15, 0.2) is 34.2 Å². The standard InChI is InChI=1S/C18H18N4O3S/c1-9-14(11(3)23)10(2)20-15(9)16(24)12(4)26-18-22-21-17(25-18)13-6-5-7-19-8-13/h5-8,12,20H,1-4H3/t12-/m0/s1. The first kappa shape index (κ1) is 18.1. The Bertz CT molecular complexity index is 962. The number of aromatic amines is 1. The Morgan fingerprint density at radius 3 is 2.65 bits per heavy atom. The zero-order valence-corrected chi connectivity index (χ0v) is 15.7. The first-order valence-electron chi connectivity index (χ1n) is 8.03. The number of thioether (sulfide) groups is 1. The quantitative estimate of drug-likeness (QED) is 0.522. The molecule has 0 aliphatic rings. The highest BCUT2D eigenvalue weighted by molar-refractivity contribution is 8.00. The molecule has 3 aromatic rings. The fourth-order valence-corrected chi connectivity index (χ4v) is 3.54. The van der Waals surface area contributed by atoms with E-state index in [1.807, 2.05) is 6.07 Å². The number of hydrogen-bond donors (Lipinski definition) is 1. The normalized spacial score (nSPS) is 12.2. The van der Waals surface area contributed by atoms with Crippen molar-refractivity contribution >= 4 is 23.3 Å². The van der Waals surface area contributed by atoms with E-state index < -0.39 is 5.25 Å². The Labute approximate surface area is 154 Å². The lowest BCUT2D eigenvalue weighted by molar-refractivity contribution is 0.0988. The largest absolute Gasteiger partial charge is 0.411 e. The molecule has 0 unspecified atom stereocenters. The zero-order valence-electron chi connectivity index (χ0n) is 14.9. The van der Waals surface area contributed by atoms with Crippen molar-refractivity contribution in [3.8, 4) is 11.5 Å². The van der Waals surface area contributed by atoms with Gasteiger partial charge in [0, 0.05) is 23.7 Å². The molecule has 0 aliphatic carbocycles. The van der Waals surface area contributed by atoms with Crippen molar-refractivity contribution < 1.29 is 14.0 Å². The maximum absolute atomic E-state index is 12.8. The summed E-state index contributed by atoms with van der Waals surface area (Å²) in [5.74, 6) is 0.170. The highest BCUT2D eigenvalue weighted by Crippen LogP contribution is 2.29. The smallest absolute Gasteiger partial charge is 0.277 e. The van der Waals surface area contributed by atoms with Gasteiger partial charge in [0.25, 0.3) is 5.22 Å². The predicted molar refractivity (Wildman–Crippen MR) is 97.4 cm³/mol. The minimum Gasteiger partial charge on any atom is -0.411 e. The first-order chi connectivity index (χ1) is 12.4. The second kappa shape index (κ2) is 7.25. The molecular formula is C18H18N4O3S. The third-order valence-corrected chi connectivity index (χ3v) is 4.93. The van der Waals surface area contributed by atoms with Crippen LogP contribution in [-0.2, 0) is 0 Å². The molecule has 3 rings (SSSR count). The van der Waals surface area contributed by atoms with E-state index in [-0.39, 0.29) is 11.6 Å². The second-order valence-electron chi connectivity index (χ2n) is 5.92. The van der Waals surface area contributed by atoms with Gasteiger partial charge in [0.05, 0.1) is 16.5 Å². The summed E-state index contributed by atoms with van der Waals surface area (Å²) in [7, 11) is 0. The van der Waals surface area contributed by atoms with Gasteiger partial charge in [0.2, 0.25) is 5.89 Å². The van der Waals surface area contributed by atoms with Crippen LogP contribution >= 0.6 is 11.8 Å². The molecule has 1 N–H and O–H groups in total. The molecule has 134 valence electrons. The van der Waals surface area contributed by atoms with Crippen LogP contribution in [-0.4, -0.2) is 37.0 Å². The van der Waals surface area contributed by atoms with Crippen LogP contribution in [0.5, 0.6) is 0 Å². The average molecular weight is 370 g/mol. The van der Waals surface area contributed by atoms with Gasteiger partial charge < -0.3 is 9.40 Å². The minimum absolute atomic E-state index is 0.0615. The number of pyridine rings is 1. The molecule has 1 atom stereocenters. The van der Waals surface area contributed by atoms with E-state index in [1.165, 1.54) is 18.7 Å². The van der Waals surface area contributed by atoms with Gasteiger partial charge >= 0.3 is 0 Å². The van der Waals surface area contributed by atoms with Crippen LogP contribution in [0.3, 0.4) is 0 Å². The molecule has 0 bridgehead atoms. The third kappa shape index (κ3) is 3.45. The molecule has 0 fully saturated rings. The van der Waals surface area contributed by atoms with Crippen molar-refractivity contribution in [1.29, 1.82) is 0 Å². The summed E-state index contributed by atoms with van der Waals surface area (Å²) in [6.45, 7) is 6.83. The lowest BCUT2D eigenvalue weighted by Gasteiger charge is -2.07. The summed E-state index contributed by atoms with van der Waals surface area (Å²) in [5, 5.41) is 7.83. The Morgan fingerprint density at radius 1 is 1.27 bits per heavy atom. The van der Waals surface area contributed by atoms with Gasteiger partial charge in [0.1, 0.15) is 0 Å². The number of carbonyl (C=O) groups is 2. The third-order valence-electron chi connectivity index (χ3n) is 4.00. The summed E-state index contributed by atoms with van der Waals surface area (Å²) in [6.07, 6.45) is 3.29. The lowest BCUT2D eigenvalue weighted by atomic mass is 10.0. The van der Waals surface area contributed by atoms with Crippen molar-refractivity contribution in [2.24, 2.45) is 0 Å². The number of Topliss-reactive ketones (excluding diaryl/α,β-unsaturated/α-hetero) is 2. The fourth-order valence-electron chi connectivity index (χ4n) is 2.80. The number of H-pyrrole nitrogens is 1. The van der Waals surface area contributed by atoms with Crippen LogP contribution in [0.2, 0.25) is 0 Å². The van der Waals surface area contributed by atoms with Gasteiger partial charge in [-0.1, -0.05) is 11.8 Å². The number of nitrogens with zero attached hydrogens (tertiary/aromatic N) is 3. The predicted octanol–water partition coefficient (Wildman–Crippen LogP) is 3.64. The van der Waals surface area contributed by atoms with E-state index in [2.05, 4.69) is 20.2 Å². The average Bonchev–Trinajstić information content (AvgIpc) is 3.19. The number of carbonyl (C=O) groups excluding carboxylic acids is 2. The molecule has 7 nitrogen and oxygen atoms in total. The Kier molecular flexibility index (Phi) is 5.03. The molecule has 3 heterocycles. The number of ketones is 2. The van der Waals surface area contributed by atoms with E-state index >= 15 is 0 Å². The van der Waals surface area contributed by atoms with Gasteiger partial charge in [-0.2, -0.15) is 0 Å². The van der Waals surface area contributed by atoms with Crippen LogP contribution in [0.25, 0.3) is 11.5 Å². The maximum Gasteiger partial charge on any atom is 0.277 e. The SMILES string of the molecule is CC(=O)c1c(C)[nH]c(C(=O)[C@H](C)Sc2nnc(-c3cccnc3)o2)c1C. The van der Waals surface area contributed by atoms with Gasteiger partial charge in [-0.15, -0.1) is 10.2 Å². The molecule has 0 aromatic carbocycles. The summed E-state index contributed by atoms with van der Waals surface area (Å²) in [4.78, 5) is 31.6. The molecule has 0 saturated heterocycles. The molecule has 8 heteroatoms. The summed E-state index contributed by atoms with van der Waals surface area (Å²) >= 11 is 1.18. The molecule has 0 amide bonds. The first-order valence-corrected chi connectivity index (χ1v) is 8.91. The number of rotatable bonds is 6. The van der Waals surface area contributed by atoms with Crippen LogP contribution in [0, 0.1) is 13.8 Å². The van der Waals surface area contributed by atoms with Crippen molar-refractivity contribution in [3.05, 3.63) is 47.0 Å². The highest BCUT2D eigenvalue weighted by Gasteiger charge is 2.25. The number of aryl methyl sites for hydroxylation is 1. The van der Waals surface area contributed by atoms with Crippen LogP contribution in [0.1, 0.15) is 46.0 Å². The fraction of sp³-hybridized carbons (Fsp3) is 0.278. The number of nitrogens with one attached hydrogen (secondary N) is 1. The Morgan fingerprint density at radius 2 is 2.04 bits per heavy atom. The van der Waals surface area contributed by atoms with Crippen LogP contribution < -0.4 is 0 Å². The summed E-state index contributed by atoms with van der Waals surface area (Å²) in [6, 6.07) is 3.60. The van der Waals surface area contributed by atoms with Gasteiger partial charge in [-0.25, -0.2) is 0 Å². The van der Waals surface area contributed by atoms with E-state index in [0.717, 1.165) is 0 Å². The molecule has 0 radical (unpaired) electrons. The zero-order chi connectivity index (χ0) is 18.8. The maximum atomic E-state index is 12.8. The van der Waals surface area contributed by atoms with E-state index in [0.29, 0.717) is 39.2 Å². The van der Waals surface area contributed by atoms with Gasteiger partial charge in [-0.05, 0) is 45.4 Å². The van der Waals surface area contributed by atoms with Gasteiger partial charge in [-0.3, -0.25) is 14.6 Å². The monoisotopic (exact) mass is 370 g/mol. The topological polar surface area (TPSA) is 102 Å². The van der Waals surface area contributed by atoms with Crippen molar-refractivity contribution in [2.45, 2.75) is 38.2 Å². The van der Waals surface area contributed by atoms with Crippen molar-refractivity contribution in [3.63, 3.8) is 0 Å². The molecule has 3 aromatic heterocycles. The highest BCUT2D eigenvalue weighted by atomic mass is 32.2. The molecule has 26 heavy (non-hydrogen) atoms. The number of hydrogen-bond acceptors (Lipinski definition) is 7. The molecule has 0 saturated carbocycles. The Balaban J connectivity index is 1.78. The Hall–Kier alpha value is -2.74. The van der Waals surface area contributed by atoms with Crippen LogP contribution in [0.4, 0.5) is 0 Å². The van der Waals surface area contributed by atoms with Gasteiger partial charge in [0.15, 0.2) is 11.6 Å². The molecular weight excluding hydrogens is 352 g/mol. The molecule has 0 spiro atoms. The van der Waals surface area contributed by atoms with Crippen molar-refractivity contribution in [1.82, 2.24) is 20.2 Å². The second-order valence-corrected chi connectivity index (χ2v) is 7.21. The van der Waals surface area contributed by atoms with Crippen molar-refractivity contribution in [2.75, 3.05) is 0 Å². The number of aromatic nitrogens is 4. The summed E-state index contributed by atoms with van der Waals surface area (Å²) < 4.78 is 5.61. The van der Waals surface area contributed by atoms with E-state index in [1.54, 1.807) is 39.2 Å². The molecule has 0 aliphatic heterocycles. The lowest BCUT2D eigenvalue weighted by Crippen LogP contribution is -2.15. The van der Waals surface area contributed by atoms with E-state index in [4.69, 9.17) is 4.42 Å². The summed E-state index contributed by atoms with van der Waals surface area (Å²) in [5.41, 5.74) is 3.11.